The molecule has 0 radical (unpaired) electrons. The smallest absolute Gasteiger partial charge is 0.168 e. The van der Waals surface area contributed by atoms with E-state index in [1.165, 1.54) is 0 Å². The summed E-state index contributed by atoms with van der Waals surface area (Å²) < 4.78 is 0. The maximum absolute atomic E-state index is 11.2. The highest BCUT2D eigenvalue weighted by atomic mass is 16.7. The molecule has 19 heavy (non-hydrogen) atoms. The number of hydrogen-bond acceptors (Lipinski definition) is 3. The van der Waals surface area contributed by atoms with E-state index in [-0.39, 0.29) is 6.61 Å². The number of nitrogens with zero attached hydrogens (tertiary/aromatic N) is 1. The third kappa shape index (κ3) is 3.33. The van der Waals surface area contributed by atoms with E-state index in [4.69, 9.17) is 4.84 Å². The summed E-state index contributed by atoms with van der Waals surface area (Å²) in [4.78, 5) is 16.5. The van der Waals surface area contributed by atoms with Crippen molar-refractivity contribution >= 4 is 11.8 Å². The molecule has 0 aliphatic carbocycles. The Hall–Kier alpha value is -2.33. The van der Waals surface area contributed by atoms with E-state index in [0.29, 0.717) is 5.69 Å². The van der Waals surface area contributed by atoms with Gasteiger partial charge in [-0.3, -0.25) is 4.84 Å². The molecular formula is C15H14NO3-. The Morgan fingerprint density at radius 3 is 2.37 bits per heavy atom. The molecule has 0 aromatic heterocycles. The summed E-state index contributed by atoms with van der Waals surface area (Å²) in [5.41, 5.74) is 2.17. The molecule has 1 amide bonds. The van der Waals surface area contributed by atoms with Gasteiger partial charge in [0.25, 0.3) is 0 Å². The average Bonchev–Trinajstić information content (AvgIpc) is 2.42. The third-order valence-corrected chi connectivity index (χ3v) is 2.70. The molecule has 0 saturated carbocycles. The lowest BCUT2D eigenvalue weighted by Crippen LogP contribution is -2.41. The first-order valence-electron chi connectivity index (χ1n) is 5.92. The Balaban J connectivity index is 2.14. The van der Waals surface area contributed by atoms with Gasteiger partial charge >= 0.3 is 0 Å². The highest BCUT2D eigenvalue weighted by Crippen LogP contribution is 2.20. The minimum absolute atomic E-state index is 0.170. The van der Waals surface area contributed by atoms with E-state index < -0.39 is 6.09 Å². The average molecular weight is 256 g/mol. The number of hydroxylamine groups is 1. The SMILES string of the molecule is Cc1ccccc1N(OCc1ccccc1)C(=O)[O-]. The normalized spacial score (nSPS) is 10.2. The van der Waals surface area contributed by atoms with Crippen molar-refractivity contribution in [1.82, 2.24) is 0 Å². The molecule has 0 N–H and O–H groups in total. The van der Waals surface area contributed by atoms with Gasteiger partial charge in [0.15, 0.2) is 6.09 Å². The predicted octanol–water partition coefficient (Wildman–Crippen LogP) is 2.28. The van der Waals surface area contributed by atoms with Crippen LogP contribution in [0.2, 0.25) is 0 Å². The van der Waals surface area contributed by atoms with E-state index in [0.717, 1.165) is 16.2 Å². The molecule has 4 heteroatoms. The Labute approximate surface area is 111 Å². The number of anilines is 1. The molecule has 4 nitrogen and oxygen atoms in total. The summed E-state index contributed by atoms with van der Waals surface area (Å²) in [5.74, 6) is 0. The van der Waals surface area contributed by atoms with Gasteiger partial charge in [-0.05, 0) is 24.1 Å². The summed E-state index contributed by atoms with van der Waals surface area (Å²) in [6.45, 7) is 1.99. The number of aryl methyl sites for hydroxylation is 1. The number of carbonyl (C=O) groups is 1. The molecule has 2 aromatic rings. The van der Waals surface area contributed by atoms with E-state index in [2.05, 4.69) is 0 Å². The van der Waals surface area contributed by atoms with Crippen molar-refractivity contribution < 1.29 is 14.7 Å². The molecule has 0 spiro atoms. The number of carbonyl (C=O) groups excluding carboxylic acids is 1. The van der Waals surface area contributed by atoms with E-state index in [1.54, 1.807) is 12.1 Å². The fraction of sp³-hybridized carbons (Fsp3) is 0.133. The fourth-order valence-corrected chi connectivity index (χ4v) is 1.73. The Morgan fingerprint density at radius 1 is 1.11 bits per heavy atom. The quantitative estimate of drug-likeness (QED) is 0.788. The van der Waals surface area contributed by atoms with Gasteiger partial charge in [-0.2, -0.15) is 0 Å². The second-order valence-electron chi connectivity index (χ2n) is 4.11. The molecular weight excluding hydrogens is 242 g/mol. The monoisotopic (exact) mass is 256 g/mol. The molecule has 0 bridgehead atoms. The van der Waals surface area contributed by atoms with Gasteiger partial charge in [-0.1, -0.05) is 48.5 Å². The van der Waals surface area contributed by atoms with E-state index >= 15 is 0 Å². The van der Waals surface area contributed by atoms with E-state index in [1.807, 2.05) is 49.4 Å². The molecule has 0 unspecified atom stereocenters. The van der Waals surface area contributed by atoms with Gasteiger partial charge in [0.1, 0.15) is 6.61 Å². The standard InChI is InChI=1S/C15H15NO3/c1-12-7-5-6-10-14(12)16(15(17)18)19-11-13-8-3-2-4-9-13/h2-10H,11H2,1H3,(H,17,18)/p-1. The summed E-state index contributed by atoms with van der Waals surface area (Å²) in [6.07, 6.45) is -1.38. The Morgan fingerprint density at radius 2 is 1.74 bits per heavy atom. The van der Waals surface area contributed by atoms with Crippen LogP contribution in [0.25, 0.3) is 0 Å². The van der Waals surface area contributed by atoms with Crippen LogP contribution >= 0.6 is 0 Å². The van der Waals surface area contributed by atoms with Crippen LogP contribution < -0.4 is 10.2 Å². The van der Waals surface area contributed by atoms with Crippen molar-refractivity contribution in [2.45, 2.75) is 13.5 Å². The number of carboxylic acid groups (broad SMARTS) is 1. The van der Waals surface area contributed by atoms with Gasteiger partial charge in [0, 0.05) is 0 Å². The summed E-state index contributed by atoms with van der Waals surface area (Å²) in [5, 5.41) is 12.0. The Kier molecular flexibility index (Phi) is 4.15. The molecule has 0 heterocycles. The van der Waals surface area contributed by atoms with Crippen LogP contribution in [-0.2, 0) is 11.4 Å². The number of benzene rings is 2. The Bertz CT molecular complexity index is 554. The van der Waals surface area contributed by atoms with Gasteiger partial charge in [-0.15, -0.1) is 0 Å². The number of amides is 1. The zero-order valence-electron chi connectivity index (χ0n) is 10.6. The van der Waals surface area contributed by atoms with Crippen LogP contribution in [0.15, 0.2) is 54.6 Å². The van der Waals surface area contributed by atoms with Gasteiger partial charge in [-0.25, -0.2) is 5.06 Å². The van der Waals surface area contributed by atoms with Crippen molar-refractivity contribution in [2.75, 3.05) is 5.06 Å². The highest BCUT2D eigenvalue weighted by Gasteiger charge is 2.11. The molecule has 0 aliphatic rings. The van der Waals surface area contributed by atoms with E-state index in [9.17, 15) is 9.90 Å². The zero-order chi connectivity index (χ0) is 13.7. The zero-order valence-corrected chi connectivity index (χ0v) is 10.6. The van der Waals surface area contributed by atoms with Crippen LogP contribution in [0.4, 0.5) is 10.5 Å². The molecule has 0 fully saturated rings. The number of hydrogen-bond donors (Lipinski definition) is 0. The van der Waals surface area contributed by atoms with Crippen molar-refractivity contribution in [1.29, 1.82) is 0 Å². The van der Waals surface area contributed by atoms with Crippen LogP contribution in [0.3, 0.4) is 0 Å². The highest BCUT2D eigenvalue weighted by molar-refractivity contribution is 5.83. The first-order chi connectivity index (χ1) is 9.18. The van der Waals surface area contributed by atoms with Gasteiger partial charge in [0.2, 0.25) is 0 Å². The number of para-hydroxylation sites is 1. The molecule has 98 valence electrons. The molecule has 2 aromatic carbocycles. The first kappa shape index (κ1) is 13.1. The minimum Gasteiger partial charge on any atom is -0.528 e. The molecule has 2 rings (SSSR count). The predicted molar refractivity (Wildman–Crippen MR) is 70.3 cm³/mol. The lowest BCUT2D eigenvalue weighted by Gasteiger charge is -2.25. The first-order valence-corrected chi connectivity index (χ1v) is 5.92. The van der Waals surface area contributed by atoms with Crippen LogP contribution in [0.5, 0.6) is 0 Å². The molecule has 0 atom stereocenters. The van der Waals surface area contributed by atoms with Gasteiger partial charge < -0.3 is 9.90 Å². The number of rotatable bonds is 4. The van der Waals surface area contributed by atoms with Crippen molar-refractivity contribution in [3.8, 4) is 0 Å². The summed E-state index contributed by atoms with van der Waals surface area (Å²) >= 11 is 0. The molecule has 0 saturated heterocycles. The second kappa shape index (κ2) is 6.02. The maximum atomic E-state index is 11.2. The largest absolute Gasteiger partial charge is 0.528 e. The van der Waals surface area contributed by atoms with Gasteiger partial charge in [0.05, 0.1) is 5.69 Å². The fourth-order valence-electron chi connectivity index (χ4n) is 1.73. The second-order valence-corrected chi connectivity index (χ2v) is 4.11. The topological polar surface area (TPSA) is 52.6 Å². The lowest BCUT2D eigenvalue weighted by atomic mass is 10.2. The minimum atomic E-state index is -1.38. The lowest BCUT2D eigenvalue weighted by molar-refractivity contribution is -0.255. The van der Waals surface area contributed by atoms with Crippen molar-refractivity contribution in [2.24, 2.45) is 0 Å². The van der Waals surface area contributed by atoms with Crippen LogP contribution in [0, 0.1) is 6.92 Å². The van der Waals surface area contributed by atoms with Crippen LogP contribution in [-0.4, -0.2) is 6.09 Å². The molecule has 0 aliphatic heterocycles. The van der Waals surface area contributed by atoms with Crippen molar-refractivity contribution in [3.05, 3.63) is 65.7 Å². The van der Waals surface area contributed by atoms with Crippen LogP contribution in [0.1, 0.15) is 11.1 Å². The maximum Gasteiger partial charge on any atom is 0.168 e. The van der Waals surface area contributed by atoms with Crippen molar-refractivity contribution in [3.63, 3.8) is 0 Å². The third-order valence-electron chi connectivity index (χ3n) is 2.70. The summed E-state index contributed by atoms with van der Waals surface area (Å²) in [6, 6.07) is 16.4. The summed E-state index contributed by atoms with van der Waals surface area (Å²) in [7, 11) is 0.